The highest BCUT2D eigenvalue weighted by Crippen LogP contribution is 2.00. The van der Waals surface area contributed by atoms with Crippen LogP contribution in [0.15, 0.2) is 0 Å². The van der Waals surface area contributed by atoms with Crippen molar-refractivity contribution in [1.82, 2.24) is 0 Å². The topological polar surface area (TPSA) is 0 Å². The van der Waals surface area contributed by atoms with Crippen LogP contribution in [-0.2, 0) is 0 Å². The summed E-state index contributed by atoms with van der Waals surface area (Å²) in [6.45, 7) is 6.28. The Morgan fingerprint density at radius 3 is 1.67 bits per heavy atom. The molecule has 0 saturated carbocycles. The van der Waals surface area contributed by atoms with E-state index in [0.29, 0.717) is 5.25 Å². The lowest BCUT2D eigenvalue weighted by atomic mass is 10.3. The molecule has 0 aliphatic rings. The summed E-state index contributed by atoms with van der Waals surface area (Å²) in [5, 5.41) is 0.593. The van der Waals surface area contributed by atoms with E-state index in [9.17, 15) is 0 Å². The fraction of sp³-hybridized carbons (Fsp3) is 1.00. The molecule has 2 heteroatoms. The van der Waals surface area contributed by atoms with Gasteiger partial charge >= 0.3 is 0 Å². The van der Waals surface area contributed by atoms with Crippen LogP contribution in [0.5, 0.6) is 0 Å². The summed E-state index contributed by atoms with van der Waals surface area (Å²) in [4.78, 5) is 0. The van der Waals surface area contributed by atoms with Gasteiger partial charge in [-0.2, -0.15) is 25.3 Å². The fourth-order valence-corrected chi connectivity index (χ4v) is 0.676. The number of rotatable bonds is 2. The van der Waals surface area contributed by atoms with Gasteiger partial charge in [0, 0.05) is 0 Å². The van der Waals surface area contributed by atoms with Crippen LogP contribution in [0.3, 0.4) is 0 Å². The largest absolute Gasteiger partial charge is 0.180 e. The molecule has 0 aromatic heterocycles. The van der Waals surface area contributed by atoms with E-state index in [-0.39, 0.29) is 0 Å². The molecule has 0 rings (SSSR count). The summed E-state index contributed by atoms with van der Waals surface area (Å²) in [5.41, 5.74) is 0. The third-order valence-corrected chi connectivity index (χ3v) is 0.965. The number of hydrogen-bond donors (Lipinski definition) is 2. The summed E-state index contributed by atoms with van der Waals surface area (Å²) in [5.74, 6) is 0.944. The maximum Gasteiger partial charge on any atom is -0.00117 e. The fourth-order valence-electron chi connectivity index (χ4n) is 0.418. The zero-order valence-corrected chi connectivity index (χ0v) is 8.38. The Kier molecular flexibility index (Phi) is 15.8. The number of hydrogen-bond acceptors (Lipinski definition) is 2. The number of thiol groups is 2. The van der Waals surface area contributed by atoms with Crippen LogP contribution in [-0.4, -0.2) is 11.0 Å². The molecule has 58 valence electrons. The molecule has 0 aromatic carbocycles. The molecule has 0 heterocycles. The lowest BCUT2D eigenvalue weighted by molar-refractivity contribution is 0.791. The maximum atomic E-state index is 4.18. The molecule has 1 unspecified atom stereocenters. The highest BCUT2D eigenvalue weighted by Gasteiger charge is 1.86. The van der Waals surface area contributed by atoms with E-state index in [1.165, 1.54) is 12.8 Å². The first-order valence-corrected chi connectivity index (χ1v) is 4.62. The maximum absolute atomic E-state index is 4.18. The van der Waals surface area contributed by atoms with E-state index in [1.807, 2.05) is 6.92 Å². The zero-order chi connectivity index (χ0) is 7.70. The molecule has 0 aliphatic carbocycles. The summed E-state index contributed by atoms with van der Waals surface area (Å²) in [7, 11) is 0. The van der Waals surface area contributed by atoms with Crippen LogP contribution >= 0.6 is 25.3 Å². The molecule has 0 fully saturated rings. The highest BCUT2D eigenvalue weighted by molar-refractivity contribution is 7.80. The van der Waals surface area contributed by atoms with Gasteiger partial charge in [0.2, 0.25) is 0 Å². The Morgan fingerprint density at radius 2 is 1.67 bits per heavy atom. The van der Waals surface area contributed by atoms with Crippen LogP contribution < -0.4 is 0 Å². The van der Waals surface area contributed by atoms with Gasteiger partial charge in [-0.25, -0.2) is 0 Å². The second kappa shape index (κ2) is 11.5. The molecule has 1 atom stereocenters. The molecule has 0 bridgehead atoms. The molecule has 0 spiro atoms. The van der Waals surface area contributed by atoms with Crippen LogP contribution in [0.2, 0.25) is 0 Å². The quantitative estimate of drug-likeness (QED) is 0.579. The molecular weight excluding hydrogens is 148 g/mol. The van der Waals surface area contributed by atoms with Crippen LogP contribution in [0.4, 0.5) is 0 Å². The van der Waals surface area contributed by atoms with Crippen molar-refractivity contribution in [3.05, 3.63) is 0 Å². The van der Waals surface area contributed by atoms with Gasteiger partial charge in [-0.15, -0.1) is 0 Å². The van der Waals surface area contributed by atoms with E-state index in [1.54, 1.807) is 0 Å². The third-order valence-electron chi connectivity index (χ3n) is 0.706. The summed E-state index contributed by atoms with van der Waals surface area (Å²) >= 11 is 7.97. The van der Waals surface area contributed by atoms with E-state index >= 15 is 0 Å². The van der Waals surface area contributed by atoms with E-state index in [4.69, 9.17) is 0 Å². The van der Waals surface area contributed by atoms with Crippen molar-refractivity contribution in [3.8, 4) is 0 Å². The predicted molar refractivity (Wildman–Crippen MR) is 52.9 cm³/mol. The summed E-state index contributed by atoms with van der Waals surface area (Å²) in [6, 6.07) is 0. The average Bonchev–Trinajstić information content (AvgIpc) is 1.67. The molecule has 0 radical (unpaired) electrons. The molecule has 0 nitrogen and oxygen atoms in total. The first kappa shape index (κ1) is 12.4. The monoisotopic (exact) mass is 166 g/mol. The van der Waals surface area contributed by atoms with Crippen LogP contribution in [0.25, 0.3) is 0 Å². The molecule has 9 heavy (non-hydrogen) atoms. The second-order valence-corrected chi connectivity index (χ2v) is 3.47. The minimum absolute atomic E-state index is 0.593. The van der Waals surface area contributed by atoms with Crippen molar-refractivity contribution >= 4 is 25.3 Å². The van der Waals surface area contributed by atoms with Crippen molar-refractivity contribution in [3.63, 3.8) is 0 Å². The van der Waals surface area contributed by atoms with Gasteiger partial charge < -0.3 is 0 Å². The second-order valence-electron chi connectivity index (χ2n) is 1.95. The molecule has 0 aliphatic heterocycles. The van der Waals surface area contributed by atoms with Gasteiger partial charge in [0.1, 0.15) is 0 Å². The molecule has 0 amide bonds. The van der Waals surface area contributed by atoms with Crippen molar-refractivity contribution < 1.29 is 0 Å². The van der Waals surface area contributed by atoms with E-state index in [0.717, 1.165) is 5.75 Å². The average molecular weight is 166 g/mol. The lowest BCUT2D eigenvalue weighted by Crippen LogP contribution is -1.85. The lowest BCUT2D eigenvalue weighted by Gasteiger charge is -1.95. The van der Waals surface area contributed by atoms with Crippen molar-refractivity contribution in [1.29, 1.82) is 0 Å². The van der Waals surface area contributed by atoms with Crippen molar-refractivity contribution in [2.45, 2.75) is 38.9 Å². The Hall–Kier alpha value is 0.700. The Morgan fingerprint density at radius 1 is 1.33 bits per heavy atom. The Balaban J connectivity index is 0. The molecule has 0 saturated heterocycles. The van der Waals surface area contributed by atoms with Gasteiger partial charge in [0.05, 0.1) is 0 Å². The van der Waals surface area contributed by atoms with Crippen molar-refractivity contribution in [2.24, 2.45) is 0 Å². The minimum atomic E-state index is 0.593. The van der Waals surface area contributed by atoms with Crippen molar-refractivity contribution in [2.75, 3.05) is 5.75 Å². The summed E-state index contributed by atoms with van der Waals surface area (Å²) < 4.78 is 0. The van der Waals surface area contributed by atoms with Crippen LogP contribution in [0, 0.1) is 0 Å². The zero-order valence-electron chi connectivity index (χ0n) is 6.59. The van der Waals surface area contributed by atoms with E-state index in [2.05, 4.69) is 39.1 Å². The van der Waals surface area contributed by atoms with Gasteiger partial charge in [-0.1, -0.05) is 27.2 Å². The molecular formula is C7H18S2. The highest BCUT2D eigenvalue weighted by atomic mass is 32.1. The van der Waals surface area contributed by atoms with Gasteiger partial charge in [-0.05, 0) is 17.4 Å². The Labute approximate surface area is 70.2 Å². The first-order chi connectivity index (χ1) is 4.18. The van der Waals surface area contributed by atoms with Gasteiger partial charge in [0.25, 0.3) is 0 Å². The van der Waals surface area contributed by atoms with Gasteiger partial charge in [-0.3, -0.25) is 0 Å². The normalized spacial score (nSPS) is 11.7. The Bertz CT molecular complexity index is 35.9. The standard InChI is InChI=1S/C5H12S.C2H6S/c1-3-4-5(2)6;1-2-3/h5-6H,3-4H2,1-2H3;3H,2H2,1H3. The van der Waals surface area contributed by atoms with Crippen LogP contribution in [0.1, 0.15) is 33.6 Å². The molecule has 0 aromatic rings. The summed E-state index contributed by atoms with van der Waals surface area (Å²) in [6.07, 6.45) is 2.49. The third kappa shape index (κ3) is 28.5. The smallest absolute Gasteiger partial charge is 0.00117 e. The first-order valence-electron chi connectivity index (χ1n) is 3.47. The van der Waals surface area contributed by atoms with Gasteiger partial charge in [0.15, 0.2) is 0 Å². The SMILES string of the molecule is CCCC(C)S.CCS. The minimum Gasteiger partial charge on any atom is -0.180 e. The predicted octanol–water partition coefficient (Wildman–Crippen LogP) is 3.04. The molecule has 0 N–H and O–H groups in total. The van der Waals surface area contributed by atoms with E-state index < -0.39 is 0 Å².